The van der Waals surface area contributed by atoms with E-state index in [-0.39, 0.29) is 19.1 Å². The minimum absolute atomic E-state index is 0.174. The van der Waals surface area contributed by atoms with E-state index in [1.54, 1.807) is 12.1 Å². The topological polar surface area (TPSA) is 70.5 Å². The molecular formula is C29H41F3N2O4. The maximum absolute atomic E-state index is 13.1. The van der Waals surface area contributed by atoms with Crippen molar-refractivity contribution in [1.82, 2.24) is 10.2 Å². The monoisotopic (exact) mass is 538 g/mol. The highest BCUT2D eigenvalue weighted by molar-refractivity contribution is 5.75. The maximum atomic E-state index is 13.1. The number of carbonyl (C=O) groups is 1. The summed E-state index contributed by atoms with van der Waals surface area (Å²) in [4.78, 5) is 12.0. The summed E-state index contributed by atoms with van der Waals surface area (Å²) >= 11 is 0. The van der Waals surface area contributed by atoms with Crippen LogP contribution in [-0.4, -0.2) is 47.8 Å². The Balaban J connectivity index is 1.78. The molecule has 2 unspecified atom stereocenters. The first-order valence-corrected chi connectivity index (χ1v) is 13.7. The van der Waals surface area contributed by atoms with Crippen molar-refractivity contribution in [2.45, 2.75) is 103 Å². The summed E-state index contributed by atoms with van der Waals surface area (Å²) in [5, 5.41) is 8.21. The average molecular weight is 539 g/mol. The molecule has 0 fully saturated rings. The second kappa shape index (κ2) is 17.0. The highest BCUT2D eigenvalue weighted by atomic mass is 19.4. The smallest absolute Gasteiger partial charge is 0.425 e. The molecule has 6 nitrogen and oxygen atoms in total. The lowest BCUT2D eigenvalue weighted by Crippen LogP contribution is -2.42. The molecule has 2 atom stereocenters. The van der Waals surface area contributed by atoms with Gasteiger partial charge in [-0.05, 0) is 37.8 Å². The van der Waals surface area contributed by atoms with E-state index in [4.69, 9.17) is 14.2 Å². The number of alkyl halides is 3. The van der Waals surface area contributed by atoms with Crippen LogP contribution in [0.4, 0.5) is 13.2 Å². The van der Waals surface area contributed by atoms with Gasteiger partial charge in [0.25, 0.3) is 6.10 Å². The summed E-state index contributed by atoms with van der Waals surface area (Å²) in [6.45, 7) is 5.13. The van der Waals surface area contributed by atoms with E-state index in [2.05, 4.69) is 29.3 Å². The van der Waals surface area contributed by atoms with Gasteiger partial charge >= 0.3 is 12.1 Å². The van der Waals surface area contributed by atoms with E-state index in [9.17, 15) is 18.0 Å². The quantitative estimate of drug-likeness (QED) is 0.145. The molecule has 0 bridgehead atoms. The van der Waals surface area contributed by atoms with Crippen LogP contribution in [0.5, 0.6) is 5.88 Å². The number of hydrogen-bond acceptors (Lipinski definition) is 6. The number of unbranched alkanes of at least 4 members (excludes halogenated alkanes) is 7. The highest BCUT2D eigenvalue weighted by Crippen LogP contribution is 2.25. The zero-order valence-corrected chi connectivity index (χ0v) is 22.8. The van der Waals surface area contributed by atoms with Crippen molar-refractivity contribution in [3.8, 4) is 17.1 Å². The van der Waals surface area contributed by atoms with E-state index >= 15 is 0 Å². The third-order valence-electron chi connectivity index (χ3n) is 6.04. The van der Waals surface area contributed by atoms with Crippen molar-refractivity contribution in [1.29, 1.82) is 0 Å². The molecule has 0 N–H and O–H groups in total. The van der Waals surface area contributed by atoms with Gasteiger partial charge in [0.2, 0.25) is 5.88 Å². The van der Waals surface area contributed by atoms with Gasteiger partial charge in [-0.1, -0.05) is 83.1 Å². The molecule has 9 heteroatoms. The zero-order chi connectivity index (χ0) is 27.8. The molecule has 0 amide bonds. The van der Waals surface area contributed by atoms with Gasteiger partial charge in [-0.3, -0.25) is 0 Å². The average Bonchev–Trinajstić information content (AvgIpc) is 2.89. The summed E-state index contributed by atoms with van der Waals surface area (Å²) in [5.41, 5.74) is 2.90. The number of aromatic nitrogens is 2. The second-order valence-electron chi connectivity index (χ2n) is 9.53. The first kappa shape index (κ1) is 31.5. The van der Waals surface area contributed by atoms with Gasteiger partial charge in [-0.15, -0.1) is 10.2 Å². The third-order valence-corrected chi connectivity index (χ3v) is 6.04. The minimum Gasteiger partial charge on any atom is -0.473 e. The number of carbonyl (C=O) groups excluding carboxylic acids is 1. The van der Waals surface area contributed by atoms with Crippen molar-refractivity contribution >= 4 is 5.97 Å². The molecule has 0 radical (unpaired) electrons. The Hall–Kier alpha value is -2.68. The molecule has 0 aliphatic carbocycles. The van der Waals surface area contributed by atoms with E-state index < -0.39 is 24.4 Å². The van der Waals surface area contributed by atoms with E-state index in [0.717, 1.165) is 12.0 Å². The predicted molar refractivity (Wildman–Crippen MR) is 141 cm³/mol. The number of aryl methyl sites for hydroxylation is 1. The van der Waals surface area contributed by atoms with Crippen LogP contribution >= 0.6 is 0 Å². The molecule has 1 heterocycles. The van der Waals surface area contributed by atoms with Gasteiger partial charge in [-0.2, -0.15) is 13.2 Å². The lowest BCUT2D eigenvalue weighted by molar-refractivity contribution is -0.232. The number of esters is 1. The molecule has 1 aromatic carbocycles. The van der Waals surface area contributed by atoms with Crippen LogP contribution in [0.2, 0.25) is 0 Å². The van der Waals surface area contributed by atoms with Crippen LogP contribution in [0.1, 0.15) is 84.1 Å². The number of ether oxygens (including phenoxy) is 3. The molecule has 0 aliphatic rings. The number of nitrogens with zero attached hydrogens (tertiary/aromatic N) is 2. The molecule has 0 saturated carbocycles. The Morgan fingerprint density at radius 2 is 1.53 bits per heavy atom. The van der Waals surface area contributed by atoms with Crippen molar-refractivity contribution in [3.05, 3.63) is 42.0 Å². The predicted octanol–water partition coefficient (Wildman–Crippen LogP) is 7.49. The van der Waals surface area contributed by atoms with Gasteiger partial charge in [0, 0.05) is 18.2 Å². The van der Waals surface area contributed by atoms with Crippen LogP contribution in [0.15, 0.2) is 36.4 Å². The lowest BCUT2D eigenvalue weighted by atomic mass is 10.0. The fraction of sp³-hybridized carbons (Fsp3) is 0.621. The molecule has 2 rings (SSSR count). The maximum Gasteiger partial charge on any atom is 0.425 e. The summed E-state index contributed by atoms with van der Waals surface area (Å²) in [7, 11) is 0. The Morgan fingerprint density at radius 3 is 2.13 bits per heavy atom. The van der Waals surface area contributed by atoms with Gasteiger partial charge in [0.15, 0.2) is 0 Å². The minimum atomic E-state index is -4.85. The Morgan fingerprint density at radius 1 is 0.868 bits per heavy atom. The lowest BCUT2D eigenvalue weighted by Gasteiger charge is -2.21. The molecule has 0 saturated heterocycles. The fourth-order valence-corrected chi connectivity index (χ4v) is 3.82. The first-order valence-electron chi connectivity index (χ1n) is 13.7. The summed E-state index contributed by atoms with van der Waals surface area (Å²) in [6.07, 6.45) is 2.71. The summed E-state index contributed by atoms with van der Waals surface area (Å²) in [5.74, 6) is -1.31. The molecule has 2 aromatic rings. The van der Waals surface area contributed by atoms with Crippen LogP contribution in [0.25, 0.3) is 11.3 Å². The van der Waals surface area contributed by atoms with Crippen LogP contribution in [0.3, 0.4) is 0 Å². The molecule has 212 valence electrons. The largest absolute Gasteiger partial charge is 0.473 e. The summed E-state index contributed by atoms with van der Waals surface area (Å²) in [6, 6.07) is 11.6. The first-order chi connectivity index (χ1) is 18.2. The highest BCUT2D eigenvalue weighted by Gasteiger charge is 2.47. The number of hydrogen-bond donors (Lipinski definition) is 0. The van der Waals surface area contributed by atoms with Gasteiger partial charge in [0.05, 0.1) is 5.69 Å². The van der Waals surface area contributed by atoms with Crippen LogP contribution in [-0.2, 0) is 20.7 Å². The van der Waals surface area contributed by atoms with Gasteiger partial charge in [0.1, 0.15) is 12.7 Å². The van der Waals surface area contributed by atoms with E-state index in [0.29, 0.717) is 18.5 Å². The Kier molecular flexibility index (Phi) is 14.1. The Bertz CT molecular complexity index is 921. The standard InChI is InChI=1S/C29H41F3N2O4/c1-4-6-8-9-10-11-12-13-23-14-16-24(17-15-23)25-18-19-26(34-33-25)37-21-22(3)38-28(35)27(29(30,31)32)36-20-7-5-2/h14-19,22,27H,4-13,20-21H2,1-3H3. The molecule has 1 aromatic heterocycles. The number of rotatable bonds is 18. The van der Waals surface area contributed by atoms with Crippen molar-refractivity contribution < 1.29 is 32.2 Å². The van der Waals surface area contributed by atoms with Gasteiger partial charge in [-0.25, -0.2) is 4.79 Å². The number of halogens is 3. The SMILES string of the molecule is CCCCCCCCCc1ccc(-c2ccc(OCC(C)OC(=O)C(OCCCC)C(F)(F)F)nn2)cc1. The Labute approximate surface area is 224 Å². The van der Waals surface area contributed by atoms with Crippen LogP contribution < -0.4 is 4.74 Å². The molecular weight excluding hydrogens is 497 g/mol. The van der Waals surface area contributed by atoms with E-state index in [1.807, 2.05) is 19.1 Å². The van der Waals surface area contributed by atoms with Crippen molar-refractivity contribution in [2.75, 3.05) is 13.2 Å². The third kappa shape index (κ3) is 11.8. The van der Waals surface area contributed by atoms with Gasteiger partial charge < -0.3 is 14.2 Å². The molecule has 38 heavy (non-hydrogen) atoms. The van der Waals surface area contributed by atoms with E-state index in [1.165, 1.54) is 57.4 Å². The summed E-state index contributed by atoms with van der Waals surface area (Å²) < 4.78 is 54.5. The zero-order valence-electron chi connectivity index (χ0n) is 22.8. The van der Waals surface area contributed by atoms with Crippen LogP contribution in [0, 0.1) is 0 Å². The fourth-order valence-electron chi connectivity index (χ4n) is 3.82. The van der Waals surface area contributed by atoms with Crippen molar-refractivity contribution in [2.24, 2.45) is 0 Å². The molecule has 0 aliphatic heterocycles. The number of benzene rings is 1. The normalized spacial score (nSPS) is 13.2. The van der Waals surface area contributed by atoms with Crippen molar-refractivity contribution in [3.63, 3.8) is 0 Å². The second-order valence-corrected chi connectivity index (χ2v) is 9.53. The molecule has 0 spiro atoms.